The van der Waals surface area contributed by atoms with Crippen LogP contribution in [0.5, 0.6) is 0 Å². The monoisotopic (exact) mass is 640 g/mol. The van der Waals surface area contributed by atoms with E-state index in [4.69, 9.17) is 0 Å². The molecule has 0 aromatic heterocycles. The zero-order chi connectivity index (χ0) is 26.8. The minimum atomic E-state index is -2.17. The molecule has 204 valence electrons. The molecule has 0 heterocycles. The molecule has 0 radical (unpaired) electrons. The van der Waals surface area contributed by atoms with Crippen LogP contribution in [0.15, 0.2) is 12.1 Å². The molecule has 0 saturated carbocycles. The van der Waals surface area contributed by atoms with E-state index in [9.17, 15) is 35.1 Å². The predicted octanol–water partition coefficient (Wildman–Crippen LogP) is 9.14. The second kappa shape index (κ2) is 22.6. The van der Waals surface area contributed by atoms with Crippen molar-refractivity contribution >= 4 is 15.8 Å². The van der Waals surface area contributed by atoms with Crippen LogP contribution in [0.25, 0.3) is 0 Å². The van der Waals surface area contributed by atoms with Gasteiger partial charge in [-0.15, -0.1) is 40.1 Å². The maximum atomic E-state index is 12.0. The number of rotatable bonds is 6. The number of hydrogen-bond donors (Lipinski definition) is 0. The van der Waals surface area contributed by atoms with Crippen molar-refractivity contribution in [3.05, 3.63) is 70.8 Å². The average Bonchev–Trinajstić information content (AvgIpc) is 2.79. The van der Waals surface area contributed by atoms with Crippen LogP contribution in [0.4, 0.5) is 35.1 Å². The number of benzene rings is 2. The Bertz CT molecular complexity index is 717. The summed E-state index contributed by atoms with van der Waals surface area (Å²) in [5.74, 6) is -13.0. The van der Waals surface area contributed by atoms with Crippen LogP contribution < -0.4 is 0 Å². The molecule has 0 aliphatic rings. The Balaban J connectivity index is -0.000000395. The van der Waals surface area contributed by atoms with Crippen molar-refractivity contribution in [3.63, 3.8) is 0 Å². The molecule has 0 atom stereocenters. The van der Waals surface area contributed by atoms with Crippen molar-refractivity contribution in [2.45, 2.75) is 41.5 Å². The minimum Gasteiger partial charge on any atom is -0.278 e. The minimum absolute atomic E-state index is 0. The first kappa shape index (κ1) is 38.9. The van der Waals surface area contributed by atoms with E-state index in [2.05, 4.69) is 41.5 Å². The molecule has 2 rings (SSSR count). The summed E-state index contributed by atoms with van der Waals surface area (Å²) in [6, 6.07) is 3.78. The van der Waals surface area contributed by atoms with Gasteiger partial charge in [0.25, 0.3) is 0 Å². The standard InChI is InChI=1S/C6F5.C6H2F3.2C6H15P.Pd/c7-2-1-3(8)5(10)6(11)4(2)9;7-4-1-5(8)3-6(9)2-4;2*1-4-7(5-2)6-3;/h;1-2H;2*4-6H2,1-3H3;/q2*-1;;;+2. The number of hydrogen-bond acceptors (Lipinski definition) is 0. The topological polar surface area (TPSA) is 0 Å². The Morgan fingerprint density at radius 3 is 1.00 bits per heavy atom. The second-order valence-corrected chi connectivity index (χ2v) is 12.9. The summed E-state index contributed by atoms with van der Waals surface area (Å²) in [6.45, 7) is 13.7. The first-order valence-corrected chi connectivity index (χ1v) is 14.6. The van der Waals surface area contributed by atoms with Crippen LogP contribution in [0.3, 0.4) is 0 Å². The van der Waals surface area contributed by atoms with Gasteiger partial charge < -0.3 is 0 Å². The van der Waals surface area contributed by atoms with Gasteiger partial charge >= 0.3 is 20.4 Å². The Morgan fingerprint density at radius 1 is 0.514 bits per heavy atom. The molecule has 0 saturated heterocycles. The van der Waals surface area contributed by atoms with Gasteiger partial charge in [0.15, 0.2) is 0 Å². The molecule has 0 N–H and O–H groups in total. The number of halogens is 8. The van der Waals surface area contributed by atoms with Gasteiger partial charge in [-0.3, -0.25) is 8.78 Å². The van der Waals surface area contributed by atoms with Gasteiger partial charge in [-0.2, -0.15) is 0 Å². The van der Waals surface area contributed by atoms with Crippen molar-refractivity contribution in [2.24, 2.45) is 0 Å². The van der Waals surface area contributed by atoms with Gasteiger partial charge in [-0.25, -0.2) is 26.3 Å². The molecule has 0 nitrogen and oxygen atoms in total. The summed E-state index contributed by atoms with van der Waals surface area (Å²) in [5.41, 5.74) is 0. The normalized spacial score (nSPS) is 9.83. The molecule has 0 fully saturated rings. The van der Waals surface area contributed by atoms with Crippen LogP contribution >= 0.6 is 15.8 Å². The van der Waals surface area contributed by atoms with Gasteiger partial charge in [0.2, 0.25) is 0 Å². The molecule has 35 heavy (non-hydrogen) atoms. The molecular formula is C24H32F8P2Pd. The molecule has 11 heteroatoms. The summed E-state index contributed by atoms with van der Waals surface area (Å²) >= 11 is 0. The Morgan fingerprint density at radius 2 is 0.800 bits per heavy atom. The fourth-order valence-electron chi connectivity index (χ4n) is 2.31. The van der Waals surface area contributed by atoms with Crippen molar-refractivity contribution in [2.75, 3.05) is 37.0 Å². The molecular weight excluding hydrogens is 609 g/mol. The maximum absolute atomic E-state index is 12.0. The summed E-state index contributed by atoms with van der Waals surface area (Å²) in [7, 11) is 0.892. The summed E-state index contributed by atoms with van der Waals surface area (Å²) in [4.78, 5) is 0. The summed E-state index contributed by atoms with van der Waals surface area (Å²) in [6.07, 6.45) is 8.51. The predicted molar refractivity (Wildman–Crippen MR) is 127 cm³/mol. The van der Waals surface area contributed by atoms with Crippen LogP contribution in [0.2, 0.25) is 0 Å². The van der Waals surface area contributed by atoms with Gasteiger partial charge in [-0.05, 0) is 37.0 Å². The third kappa shape index (κ3) is 17.5. The summed E-state index contributed by atoms with van der Waals surface area (Å²) < 4.78 is 95.6. The molecule has 0 spiro atoms. The van der Waals surface area contributed by atoms with E-state index in [1.807, 2.05) is 0 Å². The van der Waals surface area contributed by atoms with E-state index in [0.717, 1.165) is 6.07 Å². The third-order valence-corrected chi connectivity index (χ3v) is 9.81. The first-order chi connectivity index (χ1) is 15.9. The molecule has 0 aliphatic heterocycles. The fraction of sp³-hybridized carbons (Fsp3) is 0.500. The maximum Gasteiger partial charge on any atom is 2.00 e. The van der Waals surface area contributed by atoms with Crippen molar-refractivity contribution in [3.8, 4) is 0 Å². The Hall–Kier alpha value is -0.598. The van der Waals surface area contributed by atoms with Crippen molar-refractivity contribution in [1.82, 2.24) is 0 Å². The first-order valence-electron chi connectivity index (χ1n) is 10.8. The third-order valence-electron chi connectivity index (χ3n) is 4.44. The van der Waals surface area contributed by atoms with E-state index < -0.39 is 46.5 Å². The molecule has 0 bridgehead atoms. The van der Waals surface area contributed by atoms with Gasteiger partial charge in [-0.1, -0.05) is 41.5 Å². The van der Waals surface area contributed by atoms with Crippen molar-refractivity contribution < 1.29 is 55.5 Å². The van der Waals surface area contributed by atoms with E-state index in [1.54, 1.807) is 6.07 Å². The fourth-order valence-corrected chi connectivity index (χ4v) is 4.99. The van der Waals surface area contributed by atoms with Crippen LogP contribution in [-0.4, -0.2) is 37.0 Å². The Labute approximate surface area is 220 Å². The Kier molecular flexibility index (Phi) is 25.1. The largest absolute Gasteiger partial charge is 2.00 e. The van der Waals surface area contributed by atoms with E-state index in [1.165, 1.54) is 37.0 Å². The SMILES string of the molecule is CCP(CC)CC.CCP(CC)CC.Fc1[c-]c(F)c(F)c(F)c1F.Fc1[c-]c(F)cc(F)c1.[Pd+2]. The zero-order valence-electron chi connectivity index (χ0n) is 20.6. The summed E-state index contributed by atoms with van der Waals surface area (Å²) in [5, 5.41) is 0. The van der Waals surface area contributed by atoms with Gasteiger partial charge in [0.1, 0.15) is 0 Å². The zero-order valence-corrected chi connectivity index (χ0v) is 24.0. The second-order valence-electron chi connectivity index (χ2n) is 6.43. The van der Waals surface area contributed by atoms with Gasteiger partial charge in [0.05, 0.1) is 29.1 Å². The van der Waals surface area contributed by atoms with Crippen LogP contribution in [0.1, 0.15) is 41.5 Å². The molecule has 0 unspecified atom stereocenters. The molecule has 2 aromatic rings. The van der Waals surface area contributed by atoms with E-state index >= 15 is 0 Å². The van der Waals surface area contributed by atoms with E-state index in [0.29, 0.717) is 28.0 Å². The van der Waals surface area contributed by atoms with E-state index in [-0.39, 0.29) is 20.4 Å². The molecule has 2 aromatic carbocycles. The van der Waals surface area contributed by atoms with Crippen molar-refractivity contribution in [1.29, 1.82) is 0 Å². The van der Waals surface area contributed by atoms with Gasteiger partial charge in [0, 0.05) is 17.5 Å². The van der Waals surface area contributed by atoms with Crippen LogP contribution in [-0.2, 0) is 20.4 Å². The smallest absolute Gasteiger partial charge is 0.278 e. The molecule has 0 aliphatic carbocycles. The quantitative estimate of drug-likeness (QED) is 0.0738. The molecule has 0 amide bonds. The van der Waals surface area contributed by atoms with Crippen LogP contribution in [0, 0.1) is 58.7 Å². The average molecular weight is 641 g/mol.